The molecule has 0 atom stereocenters. The zero-order chi connectivity index (χ0) is 13.9. The van der Waals surface area contributed by atoms with E-state index in [4.69, 9.17) is 10.7 Å². The molecule has 1 aliphatic heterocycles. The normalized spacial score (nSPS) is 17.9. The van der Waals surface area contributed by atoms with Crippen molar-refractivity contribution < 1.29 is 0 Å². The van der Waals surface area contributed by atoms with Gasteiger partial charge in [-0.25, -0.2) is 4.98 Å². The van der Waals surface area contributed by atoms with Gasteiger partial charge in [-0.15, -0.1) is 0 Å². The lowest BCUT2D eigenvalue weighted by Gasteiger charge is -2.30. The van der Waals surface area contributed by atoms with Gasteiger partial charge in [0.2, 0.25) is 0 Å². The number of nitrogens with two attached hydrogens (primary N) is 1. The van der Waals surface area contributed by atoms with Crippen molar-refractivity contribution in [2.75, 3.05) is 19.6 Å². The maximum Gasteiger partial charge on any atom is 0.141 e. The van der Waals surface area contributed by atoms with E-state index in [0.717, 1.165) is 23.5 Å². The van der Waals surface area contributed by atoms with Gasteiger partial charge in [0.05, 0.1) is 5.69 Å². The van der Waals surface area contributed by atoms with Crippen LogP contribution in [0.5, 0.6) is 0 Å². The Morgan fingerprint density at radius 1 is 1.35 bits per heavy atom. The van der Waals surface area contributed by atoms with E-state index in [1.807, 2.05) is 6.07 Å². The third-order valence-electron chi connectivity index (χ3n) is 4.49. The Morgan fingerprint density at radius 3 is 2.85 bits per heavy atom. The predicted molar refractivity (Wildman–Crippen MR) is 81.6 cm³/mol. The number of nitrogens with zero attached hydrogens (tertiary/aromatic N) is 3. The van der Waals surface area contributed by atoms with Crippen LogP contribution in [0.3, 0.4) is 0 Å². The number of likely N-dealkylation sites (tertiary alicyclic amines) is 1. The molecule has 3 rings (SSSR count). The van der Waals surface area contributed by atoms with Crippen LogP contribution in [0.15, 0.2) is 24.5 Å². The van der Waals surface area contributed by atoms with Gasteiger partial charge in [0.15, 0.2) is 0 Å². The fourth-order valence-electron chi connectivity index (χ4n) is 3.18. The lowest BCUT2D eigenvalue weighted by Crippen LogP contribution is -2.34. The summed E-state index contributed by atoms with van der Waals surface area (Å²) in [6.07, 6.45) is 7.92. The number of piperidine rings is 1. The van der Waals surface area contributed by atoms with Crippen molar-refractivity contribution in [3.63, 3.8) is 0 Å². The zero-order valence-corrected chi connectivity index (χ0v) is 12.3. The molecule has 3 heterocycles. The summed E-state index contributed by atoms with van der Waals surface area (Å²) >= 11 is 0. The Kier molecular flexibility index (Phi) is 4.03. The van der Waals surface area contributed by atoms with Crippen molar-refractivity contribution >= 4 is 5.65 Å². The maximum absolute atomic E-state index is 5.78. The number of hydrogen-bond donors (Lipinski definition) is 1. The van der Waals surface area contributed by atoms with Crippen LogP contribution < -0.4 is 5.73 Å². The van der Waals surface area contributed by atoms with Crippen LogP contribution >= 0.6 is 0 Å². The van der Waals surface area contributed by atoms with Crippen LogP contribution in [0.25, 0.3) is 5.65 Å². The Bertz CT molecular complexity index is 567. The predicted octanol–water partition coefficient (Wildman–Crippen LogP) is 2.07. The Balaban J connectivity index is 1.72. The highest BCUT2D eigenvalue weighted by Crippen LogP contribution is 2.22. The number of fused-ring (bicyclic) bond motifs is 1. The van der Waals surface area contributed by atoms with Crippen molar-refractivity contribution in [3.8, 4) is 0 Å². The Labute approximate surface area is 120 Å². The van der Waals surface area contributed by atoms with E-state index in [0.29, 0.717) is 6.54 Å². The molecule has 0 bridgehead atoms. The SMILES string of the molecule is CCN1CCC(Cc2cn3cccc(CN)c3n2)CC1. The summed E-state index contributed by atoms with van der Waals surface area (Å²) in [5, 5.41) is 0. The minimum absolute atomic E-state index is 0.551. The lowest BCUT2D eigenvalue weighted by atomic mass is 9.92. The van der Waals surface area contributed by atoms with Gasteiger partial charge in [-0.2, -0.15) is 0 Å². The van der Waals surface area contributed by atoms with Gasteiger partial charge in [-0.05, 0) is 50.9 Å². The third kappa shape index (κ3) is 2.72. The minimum Gasteiger partial charge on any atom is -0.326 e. The zero-order valence-electron chi connectivity index (χ0n) is 12.3. The Hall–Kier alpha value is -1.39. The first-order valence-electron chi connectivity index (χ1n) is 7.68. The van der Waals surface area contributed by atoms with Crippen molar-refractivity contribution in [1.29, 1.82) is 0 Å². The molecule has 0 aromatic carbocycles. The summed E-state index contributed by atoms with van der Waals surface area (Å²) in [6.45, 7) is 6.46. The van der Waals surface area contributed by atoms with Crippen LogP contribution in [0.4, 0.5) is 0 Å². The topological polar surface area (TPSA) is 46.6 Å². The molecular weight excluding hydrogens is 248 g/mol. The number of pyridine rings is 1. The summed E-state index contributed by atoms with van der Waals surface area (Å²) in [5.41, 5.74) is 9.14. The smallest absolute Gasteiger partial charge is 0.141 e. The molecule has 1 saturated heterocycles. The number of hydrogen-bond acceptors (Lipinski definition) is 3. The summed E-state index contributed by atoms with van der Waals surface area (Å²) in [4.78, 5) is 7.32. The van der Waals surface area contributed by atoms with E-state index in [2.05, 4.69) is 34.7 Å². The first-order valence-corrected chi connectivity index (χ1v) is 7.68. The van der Waals surface area contributed by atoms with E-state index >= 15 is 0 Å². The molecule has 0 unspecified atom stereocenters. The van der Waals surface area contributed by atoms with Crippen LogP contribution in [-0.4, -0.2) is 33.9 Å². The number of rotatable bonds is 4. The molecule has 2 aromatic heterocycles. The molecule has 0 radical (unpaired) electrons. The largest absolute Gasteiger partial charge is 0.326 e. The summed E-state index contributed by atoms with van der Waals surface area (Å²) in [5.74, 6) is 0.782. The van der Waals surface area contributed by atoms with E-state index in [-0.39, 0.29) is 0 Å². The molecule has 0 saturated carbocycles. The second-order valence-corrected chi connectivity index (χ2v) is 5.78. The molecule has 108 valence electrons. The maximum atomic E-state index is 5.78. The number of imidazole rings is 1. The van der Waals surface area contributed by atoms with Gasteiger partial charge < -0.3 is 15.0 Å². The van der Waals surface area contributed by atoms with Gasteiger partial charge in [0.25, 0.3) is 0 Å². The molecule has 4 heteroatoms. The van der Waals surface area contributed by atoms with Crippen molar-refractivity contribution in [2.24, 2.45) is 11.7 Å². The van der Waals surface area contributed by atoms with Gasteiger partial charge in [0.1, 0.15) is 5.65 Å². The summed E-state index contributed by atoms with van der Waals surface area (Å²) < 4.78 is 2.11. The van der Waals surface area contributed by atoms with E-state index in [1.54, 1.807) is 0 Å². The Morgan fingerprint density at radius 2 is 2.15 bits per heavy atom. The standard InChI is InChI=1S/C16H24N4/c1-2-19-8-5-13(6-9-19)10-15-12-20-7-3-4-14(11-17)16(20)18-15/h3-4,7,12-13H,2,5-6,8-11,17H2,1H3. The average molecular weight is 272 g/mol. The van der Waals surface area contributed by atoms with Crippen LogP contribution in [0.2, 0.25) is 0 Å². The fraction of sp³-hybridized carbons (Fsp3) is 0.562. The molecule has 0 amide bonds. The van der Waals surface area contributed by atoms with Gasteiger partial charge in [-0.3, -0.25) is 0 Å². The lowest BCUT2D eigenvalue weighted by molar-refractivity contribution is 0.191. The first kappa shape index (κ1) is 13.6. The van der Waals surface area contributed by atoms with Crippen LogP contribution in [0, 0.1) is 5.92 Å². The van der Waals surface area contributed by atoms with Crippen LogP contribution in [0.1, 0.15) is 31.0 Å². The minimum atomic E-state index is 0.551. The quantitative estimate of drug-likeness (QED) is 0.927. The van der Waals surface area contributed by atoms with E-state index in [9.17, 15) is 0 Å². The summed E-state index contributed by atoms with van der Waals surface area (Å²) in [6, 6.07) is 4.10. The highest BCUT2D eigenvalue weighted by Gasteiger charge is 2.19. The monoisotopic (exact) mass is 272 g/mol. The molecule has 0 aliphatic carbocycles. The highest BCUT2D eigenvalue weighted by atomic mass is 15.1. The average Bonchev–Trinajstić information content (AvgIpc) is 2.90. The molecule has 0 spiro atoms. The molecule has 1 aliphatic rings. The van der Waals surface area contributed by atoms with Crippen molar-refractivity contribution in [2.45, 2.75) is 32.7 Å². The van der Waals surface area contributed by atoms with Crippen molar-refractivity contribution in [1.82, 2.24) is 14.3 Å². The van der Waals surface area contributed by atoms with Gasteiger partial charge in [0, 0.05) is 24.5 Å². The fourth-order valence-corrected chi connectivity index (χ4v) is 3.18. The molecule has 4 nitrogen and oxygen atoms in total. The number of aromatic nitrogens is 2. The van der Waals surface area contributed by atoms with Crippen molar-refractivity contribution in [3.05, 3.63) is 35.8 Å². The second-order valence-electron chi connectivity index (χ2n) is 5.78. The second kappa shape index (κ2) is 5.94. The molecule has 2 N–H and O–H groups in total. The van der Waals surface area contributed by atoms with E-state index in [1.165, 1.54) is 38.2 Å². The van der Waals surface area contributed by atoms with Gasteiger partial charge in [-0.1, -0.05) is 13.0 Å². The highest BCUT2D eigenvalue weighted by molar-refractivity contribution is 5.48. The molecule has 2 aromatic rings. The molecular formula is C16H24N4. The first-order chi connectivity index (χ1) is 9.80. The molecule has 1 fully saturated rings. The van der Waals surface area contributed by atoms with E-state index < -0.39 is 0 Å². The third-order valence-corrected chi connectivity index (χ3v) is 4.49. The van der Waals surface area contributed by atoms with Crippen LogP contribution in [-0.2, 0) is 13.0 Å². The molecule has 20 heavy (non-hydrogen) atoms. The summed E-state index contributed by atoms with van der Waals surface area (Å²) in [7, 11) is 0. The van der Waals surface area contributed by atoms with Gasteiger partial charge >= 0.3 is 0 Å².